The number of benzene rings is 1. The summed E-state index contributed by atoms with van der Waals surface area (Å²) < 4.78 is 15.7. The quantitative estimate of drug-likeness (QED) is 0.446. The van der Waals surface area contributed by atoms with E-state index in [1.165, 1.54) is 6.07 Å². The SMILES string of the molecule is N=C(N)c1ccc(-c2ccncc2)n2nc(-c3ccccc3F)nc12. The van der Waals surface area contributed by atoms with Crippen LogP contribution in [0.15, 0.2) is 60.9 Å². The van der Waals surface area contributed by atoms with Gasteiger partial charge >= 0.3 is 0 Å². The predicted molar refractivity (Wildman–Crippen MR) is 92.6 cm³/mol. The Hall–Kier alpha value is -3.61. The Kier molecular flexibility index (Phi) is 3.46. The van der Waals surface area contributed by atoms with E-state index in [4.69, 9.17) is 11.1 Å². The lowest BCUT2D eigenvalue weighted by Gasteiger charge is -2.06. The van der Waals surface area contributed by atoms with E-state index in [1.807, 2.05) is 12.1 Å². The lowest BCUT2D eigenvalue weighted by atomic mass is 10.1. The first-order valence-corrected chi connectivity index (χ1v) is 7.54. The molecule has 7 heteroatoms. The minimum Gasteiger partial charge on any atom is -0.384 e. The molecule has 122 valence electrons. The summed E-state index contributed by atoms with van der Waals surface area (Å²) in [5.74, 6) is -0.297. The average molecular weight is 332 g/mol. The van der Waals surface area contributed by atoms with Gasteiger partial charge in [0, 0.05) is 18.0 Å². The third kappa shape index (κ3) is 2.51. The van der Waals surface area contributed by atoms with Crippen LogP contribution in [-0.2, 0) is 0 Å². The maximum absolute atomic E-state index is 14.1. The molecule has 0 saturated carbocycles. The molecular formula is C18H13FN6. The summed E-state index contributed by atoms with van der Waals surface area (Å²) in [6.07, 6.45) is 3.35. The summed E-state index contributed by atoms with van der Waals surface area (Å²) in [7, 11) is 0. The molecule has 0 radical (unpaired) electrons. The van der Waals surface area contributed by atoms with Crippen LogP contribution < -0.4 is 5.73 Å². The maximum atomic E-state index is 14.1. The minimum atomic E-state index is -0.409. The number of amidine groups is 1. The number of pyridine rings is 2. The van der Waals surface area contributed by atoms with Crippen molar-refractivity contribution in [1.29, 1.82) is 5.41 Å². The number of hydrogen-bond donors (Lipinski definition) is 2. The van der Waals surface area contributed by atoms with Crippen molar-refractivity contribution in [2.75, 3.05) is 0 Å². The van der Waals surface area contributed by atoms with E-state index in [0.29, 0.717) is 16.8 Å². The number of nitrogen functional groups attached to an aromatic ring is 1. The molecule has 0 aliphatic heterocycles. The second-order valence-electron chi connectivity index (χ2n) is 5.43. The Morgan fingerprint density at radius 1 is 1.04 bits per heavy atom. The van der Waals surface area contributed by atoms with Gasteiger partial charge in [-0.15, -0.1) is 5.10 Å². The van der Waals surface area contributed by atoms with Crippen LogP contribution >= 0.6 is 0 Å². The number of rotatable bonds is 3. The van der Waals surface area contributed by atoms with E-state index in [1.54, 1.807) is 47.2 Å². The maximum Gasteiger partial charge on any atom is 0.185 e. The van der Waals surface area contributed by atoms with Crippen molar-refractivity contribution in [2.24, 2.45) is 5.73 Å². The molecule has 0 aliphatic carbocycles. The van der Waals surface area contributed by atoms with E-state index in [0.717, 1.165) is 11.3 Å². The molecule has 0 aliphatic rings. The van der Waals surface area contributed by atoms with Crippen LogP contribution in [0.2, 0.25) is 0 Å². The summed E-state index contributed by atoms with van der Waals surface area (Å²) in [6.45, 7) is 0. The molecule has 1 aromatic carbocycles. The molecule has 0 spiro atoms. The number of hydrogen-bond acceptors (Lipinski definition) is 4. The molecule has 0 atom stereocenters. The Morgan fingerprint density at radius 2 is 1.80 bits per heavy atom. The standard InChI is InChI=1S/C18H13FN6/c19-14-4-2-1-3-12(14)17-23-18-13(16(20)21)5-6-15(25(18)24-17)11-7-9-22-10-8-11/h1-10H,(H3,20,21). The highest BCUT2D eigenvalue weighted by atomic mass is 19.1. The summed E-state index contributed by atoms with van der Waals surface area (Å²) in [6, 6.07) is 13.5. The van der Waals surface area contributed by atoms with Gasteiger partial charge in [0.15, 0.2) is 11.5 Å². The molecule has 4 aromatic rings. The first kappa shape index (κ1) is 14.9. The molecule has 0 fully saturated rings. The second kappa shape index (κ2) is 5.79. The van der Waals surface area contributed by atoms with E-state index in [2.05, 4.69) is 15.1 Å². The van der Waals surface area contributed by atoms with Crippen LogP contribution in [0.25, 0.3) is 28.3 Å². The van der Waals surface area contributed by atoms with Crippen LogP contribution in [0, 0.1) is 11.2 Å². The van der Waals surface area contributed by atoms with E-state index in [9.17, 15) is 4.39 Å². The number of nitrogens with zero attached hydrogens (tertiary/aromatic N) is 4. The molecule has 0 saturated heterocycles. The predicted octanol–water partition coefficient (Wildman–Crippen LogP) is 2.88. The largest absolute Gasteiger partial charge is 0.384 e. The van der Waals surface area contributed by atoms with Gasteiger partial charge in [-0.1, -0.05) is 12.1 Å². The Morgan fingerprint density at radius 3 is 2.52 bits per heavy atom. The van der Waals surface area contributed by atoms with Crippen molar-refractivity contribution in [3.05, 3.63) is 72.3 Å². The van der Waals surface area contributed by atoms with E-state index >= 15 is 0 Å². The highest BCUT2D eigenvalue weighted by Crippen LogP contribution is 2.25. The fourth-order valence-corrected chi connectivity index (χ4v) is 2.67. The zero-order chi connectivity index (χ0) is 17.4. The van der Waals surface area contributed by atoms with Gasteiger partial charge in [-0.05, 0) is 36.4 Å². The third-order valence-electron chi connectivity index (χ3n) is 3.87. The van der Waals surface area contributed by atoms with Crippen LogP contribution in [0.1, 0.15) is 5.56 Å². The fraction of sp³-hybridized carbons (Fsp3) is 0. The fourth-order valence-electron chi connectivity index (χ4n) is 2.67. The first-order valence-electron chi connectivity index (χ1n) is 7.54. The topological polar surface area (TPSA) is 93.0 Å². The zero-order valence-corrected chi connectivity index (χ0v) is 13.0. The monoisotopic (exact) mass is 332 g/mol. The lowest BCUT2D eigenvalue weighted by Crippen LogP contribution is -2.13. The first-order chi connectivity index (χ1) is 12.1. The molecule has 25 heavy (non-hydrogen) atoms. The van der Waals surface area contributed by atoms with Crippen LogP contribution in [0.4, 0.5) is 4.39 Å². The molecule has 0 bridgehead atoms. The molecule has 3 N–H and O–H groups in total. The second-order valence-corrected chi connectivity index (χ2v) is 5.43. The lowest BCUT2D eigenvalue weighted by molar-refractivity contribution is 0.630. The Labute approximate surface area is 142 Å². The molecule has 0 amide bonds. The molecule has 3 heterocycles. The summed E-state index contributed by atoms with van der Waals surface area (Å²) in [5, 5.41) is 12.2. The van der Waals surface area contributed by atoms with Gasteiger partial charge < -0.3 is 5.73 Å². The van der Waals surface area contributed by atoms with Gasteiger partial charge in [-0.3, -0.25) is 10.4 Å². The summed E-state index contributed by atoms with van der Waals surface area (Å²) in [4.78, 5) is 8.44. The Bertz CT molecular complexity index is 1090. The highest BCUT2D eigenvalue weighted by Gasteiger charge is 2.17. The number of fused-ring (bicyclic) bond motifs is 1. The molecular weight excluding hydrogens is 319 g/mol. The number of nitrogens with two attached hydrogens (primary N) is 1. The van der Waals surface area contributed by atoms with Gasteiger partial charge in [0.25, 0.3) is 0 Å². The average Bonchev–Trinajstić information content (AvgIpc) is 3.06. The zero-order valence-electron chi connectivity index (χ0n) is 13.0. The summed E-state index contributed by atoms with van der Waals surface area (Å²) in [5.41, 5.74) is 8.42. The molecule has 0 unspecified atom stereocenters. The van der Waals surface area contributed by atoms with Crippen molar-refractivity contribution in [3.8, 4) is 22.6 Å². The highest BCUT2D eigenvalue weighted by molar-refractivity contribution is 6.01. The number of halogens is 1. The third-order valence-corrected chi connectivity index (χ3v) is 3.87. The van der Waals surface area contributed by atoms with Crippen LogP contribution in [0.5, 0.6) is 0 Å². The normalized spacial score (nSPS) is 10.9. The van der Waals surface area contributed by atoms with Crippen LogP contribution in [-0.4, -0.2) is 25.4 Å². The number of nitrogens with one attached hydrogen (secondary N) is 1. The van der Waals surface area contributed by atoms with Crippen molar-refractivity contribution >= 4 is 11.5 Å². The van der Waals surface area contributed by atoms with Gasteiger partial charge in [0.2, 0.25) is 0 Å². The van der Waals surface area contributed by atoms with Crippen molar-refractivity contribution < 1.29 is 4.39 Å². The van der Waals surface area contributed by atoms with Crippen molar-refractivity contribution in [1.82, 2.24) is 19.6 Å². The number of aromatic nitrogens is 4. The van der Waals surface area contributed by atoms with Gasteiger partial charge in [-0.2, -0.15) is 0 Å². The van der Waals surface area contributed by atoms with E-state index < -0.39 is 5.82 Å². The Balaban J connectivity index is 2.02. The van der Waals surface area contributed by atoms with E-state index in [-0.39, 0.29) is 11.7 Å². The van der Waals surface area contributed by atoms with Crippen molar-refractivity contribution in [3.63, 3.8) is 0 Å². The van der Waals surface area contributed by atoms with Gasteiger partial charge in [0.1, 0.15) is 11.7 Å². The molecule has 4 rings (SSSR count). The minimum absolute atomic E-state index is 0.126. The smallest absolute Gasteiger partial charge is 0.185 e. The molecule has 3 aromatic heterocycles. The van der Waals surface area contributed by atoms with Gasteiger partial charge in [-0.25, -0.2) is 13.9 Å². The van der Waals surface area contributed by atoms with Gasteiger partial charge in [0.05, 0.1) is 16.8 Å². The summed E-state index contributed by atoms with van der Waals surface area (Å²) >= 11 is 0. The van der Waals surface area contributed by atoms with Crippen molar-refractivity contribution in [2.45, 2.75) is 0 Å². The molecule has 6 nitrogen and oxygen atoms in total. The van der Waals surface area contributed by atoms with Crippen LogP contribution in [0.3, 0.4) is 0 Å².